The van der Waals surface area contributed by atoms with Crippen molar-refractivity contribution in [3.63, 3.8) is 0 Å². The van der Waals surface area contributed by atoms with Gasteiger partial charge >= 0.3 is 0 Å². The van der Waals surface area contributed by atoms with E-state index in [0.717, 1.165) is 36.7 Å². The topological polar surface area (TPSA) is 75.4 Å². The molecule has 0 bridgehead atoms. The van der Waals surface area contributed by atoms with Gasteiger partial charge in [-0.05, 0) is 32.0 Å². The van der Waals surface area contributed by atoms with Gasteiger partial charge in [0.1, 0.15) is 11.5 Å². The van der Waals surface area contributed by atoms with E-state index in [1.807, 2.05) is 4.90 Å². The lowest BCUT2D eigenvalue weighted by molar-refractivity contribution is 0.0728. The SMILES string of the molecule is O=C(c1ccnnc1)N1CCc2onc(CN3CCCC3)c2C1. The monoisotopic (exact) mass is 313 g/mol. The number of hydrogen-bond acceptors (Lipinski definition) is 6. The van der Waals surface area contributed by atoms with Crippen molar-refractivity contribution in [3.05, 3.63) is 41.0 Å². The molecule has 2 aliphatic rings. The maximum absolute atomic E-state index is 12.6. The van der Waals surface area contributed by atoms with Crippen LogP contribution in [0.25, 0.3) is 0 Å². The molecule has 4 rings (SSSR count). The number of carbonyl (C=O) groups excluding carboxylic acids is 1. The predicted octanol–water partition coefficient (Wildman–Crippen LogP) is 1.26. The van der Waals surface area contributed by atoms with Gasteiger partial charge in [-0.3, -0.25) is 9.69 Å². The predicted molar refractivity (Wildman–Crippen MR) is 81.5 cm³/mol. The second-order valence-electron chi connectivity index (χ2n) is 6.12. The molecule has 0 atom stereocenters. The van der Waals surface area contributed by atoms with Crippen molar-refractivity contribution in [3.8, 4) is 0 Å². The van der Waals surface area contributed by atoms with E-state index in [-0.39, 0.29) is 5.91 Å². The van der Waals surface area contributed by atoms with Gasteiger partial charge in [0, 0.05) is 25.1 Å². The zero-order valence-corrected chi connectivity index (χ0v) is 12.9. The first-order valence-corrected chi connectivity index (χ1v) is 8.06. The van der Waals surface area contributed by atoms with Crippen LogP contribution in [-0.4, -0.2) is 50.7 Å². The van der Waals surface area contributed by atoms with Crippen molar-refractivity contribution in [2.24, 2.45) is 0 Å². The van der Waals surface area contributed by atoms with Gasteiger partial charge in [0.05, 0.1) is 24.5 Å². The Balaban J connectivity index is 1.51. The summed E-state index contributed by atoms with van der Waals surface area (Å²) in [7, 11) is 0. The van der Waals surface area contributed by atoms with E-state index in [9.17, 15) is 4.79 Å². The molecule has 0 saturated carbocycles. The molecule has 1 amide bonds. The Morgan fingerprint density at radius 3 is 2.87 bits per heavy atom. The highest BCUT2D eigenvalue weighted by Gasteiger charge is 2.28. The molecule has 2 aliphatic heterocycles. The Morgan fingerprint density at radius 2 is 2.09 bits per heavy atom. The average molecular weight is 313 g/mol. The van der Waals surface area contributed by atoms with Crippen LogP contribution < -0.4 is 0 Å². The first-order valence-electron chi connectivity index (χ1n) is 8.06. The molecule has 0 unspecified atom stereocenters. The van der Waals surface area contributed by atoms with E-state index >= 15 is 0 Å². The van der Waals surface area contributed by atoms with E-state index in [1.54, 1.807) is 12.3 Å². The third-order valence-corrected chi connectivity index (χ3v) is 4.60. The van der Waals surface area contributed by atoms with Gasteiger partial charge in [-0.15, -0.1) is 0 Å². The first kappa shape index (κ1) is 14.3. The molecular formula is C16H19N5O2. The molecule has 1 fully saturated rings. The second-order valence-corrected chi connectivity index (χ2v) is 6.12. The summed E-state index contributed by atoms with van der Waals surface area (Å²) in [5.74, 6) is 0.912. The molecule has 7 heteroatoms. The van der Waals surface area contributed by atoms with Crippen molar-refractivity contribution in [2.45, 2.75) is 32.4 Å². The van der Waals surface area contributed by atoms with Crippen LogP contribution >= 0.6 is 0 Å². The number of rotatable bonds is 3. The van der Waals surface area contributed by atoms with Crippen LogP contribution in [-0.2, 0) is 19.5 Å². The number of aromatic nitrogens is 3. The number of fused-ring (bicyclic) bond motifs is 1. The van der Waals surface area contributed by atoms with Crippen molar-refractivity contribution >= 4 is 5.91 Å². The fraction of sp³-hybridized carbons (Fsp3) is 0.500. The molecule has 2 aromatic rings. The Morgan fingerprint density at radius 1 is 1.22 bits per heavy atom. The molecule has 0 N–H and O–H groups in total. The summed E-state index contributed by atoms with van der Waals surface area (Å²) >= 11 is 0. The molecule has 4 heterocycles. The largest absolute Gasteiger partial charge is 0.361 e. The van der Waals surface area contributed by atoms with Crippen LogP contribution in [0.4, 0.5) is 0 Å². The quantitative estimate of drug-likeness (QED) is 0.849. The zero-order valence-electron chi connectivity index (χ0n) is 12.9. The molecule has 23 heavy (non-hydrogen) atoms. The van der Waals surface area contributed by atoms with Gasteiger partial charge in [-0.2, -0.15) is 10.2 Å². The lowest BCUT2D eigenvalue weighted by atomic mass is 10.0. The molecule has 0 radical (unpaired) electrons. The summed E-state index contributed by atoms with van der Waals surface area (Å²) < 4.78 is 5.49. The molecule has 2 aromatic heterocycles. The van der Waals surface area contributed by atoms with Crippen LogP contribution in [0.5, 0.6) is 0 Å². The van der Waals surface area contributed by atoms with Crippen LogP contribution in [0.2, 0.25) is 0 Å². The molecule has 7 nitrogen and oxygen atoms in total. The summed E-state index contributed by atoms with van der Waals surface area (Å²) in [5, 5.41) is 11.8. The maximum atomic E-state index is 12.6. The standard InChI is InChI=1S/C16H19N5O2/c22-16(12-3-5-17-18-9-12)21-8-4-15-13(10-21)14(19-23-15)11-20-6-1-2-7-20/h3,5,9H,1-2,4,6-8,10-11H2. The van der Waals surface area contributed by atoms with Gasteiger partial charge in [0.15, 0.2) is 0 Å². The Labute approximate surface area is 134 Å². The van der Waals surface area contributed by atoms with Gasteiger partial charge in [0.2, 0.25) is 0 Å². The van der Waals surface area contributed by atoms with Gasteiger partial charge in [-0.25, -0.2) is 0 Å². The summed E-state index contributed by atoms with van der Waals surface area (Å²) in [5.41, 5.74) is 2.63. The molecule has 0 aromatic carbocycles. The third kappa shape index (κ3) is 2.84. The molecule has 120 valence electrons. The summed E-state index contributed by atoms with van der Waals surface area (Å²) in [6.45, 7) is 4.26. The average Bonchev–Trinajstić information content (AvgIpc) is 3.25. The van der Waals surface area contributed by atoms with E-state index in [1.165, 1.54) is 19.0 Å². The van der Waals surface area contributed by atoms with Gasteiger partial charge < -0.3 is 9.42 Å². The maximum Gasteiger partial charge on any atom is 0.255 e. The molecule has 1 saturated heterocycles. The fourth-order valence-corrected chi connectivity index (χ4v) is 3.31. The van der Waals surface area contributed by atoms with Crippen molar-refractivity contribution < 1.29 is 9.32 Å². The minimum atomic E-state index is -0.0149. The Hall–Kier alpha value is -2.28. The summed E-state index contributed by atoms with van der Waals surface area (Å²) in [6.07, 6.45) is 6.27. The van der Waals surface area contributed by atoms with Crippen LogP contribution in [0, 0.1) is 0 Å². The third-order valence-electron chi connectivity index (χ3n) is 4.60. The Bertz CT molecular complexity index is 694. The smallest absolute Gasteiger partial charge is 0.255 e. The zero-order chi connectivity index (χ0) is 15.6. The highest BCUT2D eigenvalue weighted by atomic mass is 16.5. The van der Waals surface area contributed by atoms with E-state index in [4.69, 9.17) is 4.52 Å². The van der Waals surface area contributed by atoms with E-state index in [0.29, 0.717) is 25.1 Å². The van der Waals surface area contributed by atoms with Crippen molar-refractivity contribution in [1.82, 2.24) is 25.2 Å². The van der Waals surface area contributed by atoms with Crippen LogP contribution in [0.3, 0.4) is 0 Å². The van der Waals surface area contributed by atoms with Crippen LogP contribution in [0.15, 0.2) is 23.0 Å². The fourth-order valence-electron chi connectivity index (χ4n) is 3.31. The minimum absolute atomic E-state index is 0.0149. The summed E-state index contributed by atoms with van der Waals surface area (Å²) in [6, 6.07) is 1.70. The van der Waals surface area contributed by atoms with Crippen molar-refractivity contribution in [1.29, 1.82) is 0 Å². The van der Waals surface area contributed by atoms with Gasteiger partial charge in [-0.1, -0.05) is 5.16 Å². The van der Waals surface area contributed by atoms with Crippen LogP contribution in [0.1, 0.15) is 40.2 Å². The lowest BCUT2D eigenvalue weighted by Gasteiger charge is -2.26. The molecule has 0 spiro atoms. The lowest BCUT2D eigenvalue weighted by Crippen LogP contribution is -2.36. The number of likely N-dealkylation sites (tertiary alicyclic amines) is 1. The van der Waals surface area contributed by atoms with Crippen molar-refractivity contribution in [2.75, 3.05) is 19.6 Å². The number of nitrogens with zero attached hydrogens (tertiary/aromatic N) is 5. The molecular weight excluding hydrogens is 294 g/mol. The Kier molecular flexibility index (Phi) is 3.78. The highest BCUT2D eigenvalue weighted by Crippen LogP contribution is 2.25. The number of carbonyl (C=O) groups is 1. The van der Waals surface area contributed by atoms with Gasteiger partial charge in [0.25, 0.3) is 5.91 Å². The minimum Gasteiger partial charge on any atom is -0.361 e. The highest BCUT2D eigenvalue weighted by molar-refractivity contribution is 5.93. The summed E-state index contributed by atoms with van der Waals surface area (Å²) in [4.78, 5) is 16.8. The van der Waals surface area contributed by atoms with E-state index in [2.05, 4.69) is 20.3 Å². The normalized spacial score (nSPS) is 18.2. The van der Waals surface area contributed by atoms with E-state index < -0.39 is 0 Å². The number of hydrogen-bond donors (Lipinski definition) is 0. The second kappa shape index (κ2) is 6.08. The number of amides is 1. The molecule has 0 aliphatic carbocycles. The first-order chi connectivity index (χ1) is 11.3.